The molecule has 0 radical (unpaired) electrons. The number of carbonyl (C=O) groups is 1. The molecule has 1 N–H and O–H groups in total. The minimum Gasteiger partial charge on any atom is -0.481 e. The van der Waals surface area contributed by atoms with Crippen molar-refractivity contribution in [2.24, 2.45) is 5.41 Å². The van der Waals surface area contributed by atoms with Crippen LogP contribution >= 0.6 is 0 Å². The van der Waals surface area contributed by atoms with Crippen molar-refractivity contribution in [3.63, 3.8) is 0 Å². The molecule has 7 heteroatoms. The van der Waals surface area contributed by atoms with Crippen LogP contribution in [-0.2, 0) is 30.8 Å². The van der Waals surface area contributed by atoms with E-state index in [1.807, 2.05) is 19.1 Å². The van der Waals surface area contributed by atoms with Crippen LogP contribution in [0.5, 0.6) is 0 Å². The van der Waals surface area contributed by atoms with Crippen LogP contribution in [0.1, 0.15) is 72.9 Å². The molecule has 1 atom stereocenters. The number of aromatic nitrogens is 3. The molecule has 0 saturated heterocycles. The highest BCUT2D eigenvalue weighted by Crippen LogP contribution is 2.35. The van der Waals surface area contributed by atoms with Crippen molar-refractivity contribution in [3.8, 4) is 0 Å². The third kappa shape index (κ3) is 5.74. The molecular formula is C32H37FN4O2. The standard InChI is InChI=1S/C32H37FN4O2/c1-5-37-28-13-12-26(30(33)31(28)34-35-37)27(17-29(38)39)23-11-10-21(2)25(16-23)19-36-18-24-9-7-6-8-22(24)14-15-32(3,4)20-36/h6-13,16,27H,5,14-15,17-20H2,1-4H3,(H,38,39)/t27-/m0/s1. The van der Waals surface area contributed by atoms with Gasteiger partial charge in [0.25, 0.3) is 0 Å². The maximum atomic E-state index is 15.8. The number of rotatable bonds is 7. The van der Waals surface area contributed by atoms with E-state index in [0.29, 0.717) is 17.6 Å². The molecule has 0 aliphatic carbocycles. The smallest absolute Gasteiger partial charge is 0.304 e. The normalized spacial score (nSPS) is 16.4. The number of aryl methyl sites for hydroxylation is 3. The van der Waals surface area contributed by atoms with Crippen LogP contribution in [0.3, 0.4) is 0 Å². The second-order valence-electron chi connectivity index (χ2n) is 11.7. The van der Waals surface area contributed by atoms with E-state index in [9.17, 15) is 9.90 Å². The number of fused-ring (bicyclic) bond motifs is 2. The molecule has 0 saturated carbocycles. The minimum absolute atomic E-state index is 0.166. The predicted molar refractivity (Wildman–Crippen MR) is 151 cm³/mol. The largest absolute Gasteiger partial charge is 0.481 e. The van der Waals surface area contributed by atoms with Gasteiger partial charge in [-0.15, -0.1) is 5.10 Å². The van der Waals surface area contributed by atoms with Gasteiger partial charge in [-0.05, 0) is 71.6 Å². The number of aliphatic carboxylic acids is 1. The van der Waals surface area contributed by atoms with Gasteiger partial charge in [0.1, 0.15) is 5.52 Å². The average Bonchev–Trinajstić information content (AvgIpc) is 3.31. The van der Waals surface area contributed by atoms with Gasteiger partial charge in [0, 0.05) is 32.1 Å². The van der Waals surface area contributed by atoms with Crippen LogP contribution in [0.2, 0.25) is 0 Å². The maximum Gasteiger partial charge on any atom is 0.304 e. The molecule has 4 aromatic rings. The number of carboxylic acid groups (broad SMARTS) is 1. The number of hydrogen-bond acceptors (Lipinski definition) is 4. The Labute approximate surface area is 229 Å². The van der Waals surface area contributed by atoms with Crippen LogP contribution < -0.4 is 0 Å². The first-order chi connectivity index (χ1) is 18.6. The van der Waals surface area contributed by atoms with Crippen molar-refractivity contribution in [3.05, 3.63) is 93.8 Å². The fourth-order valence-corrected chi connectivity index (χ4v) is 5.95. The SMILES string of the molecule is CCn1nnc2c(F)c([C@@H](CC(=O)O)c3ccc(C)c(CN4Cc5ccccc5CCC(C)(C)C4)c3)ccc21. The molecule has 1 aliphatic rings. The molecule has 3 aromatic carbocycles. The Bertz CT molecular complexity index is 1510. The predicted octanol–water partition coefficient (Wildman–Crippen LogP) is 6.48. The van der Waals surface area contributed by atoms with Gasteiger partial charge in [-0.2, -0.15) is 0 Å². The molecule has 39 heavy (non-hydrogen) atoms. The molecule has 0 unspecified atom stereocenters. The quantitative estimate of drug-likeness (QED) is 0.297. The van der Waals surface area contributed by atoms with Crippen LogP contribution in [0, 0.1) is 18.2 Å². The zero-order chi connectivity index (χ0) is 27.7. The zero-order valence-corrected chi connectivity index (χ0v) is 23.2. The Morgan fingerprint density at radius 2 is 1.90 bits per heavy atom. The molecule has 5 rings (SSSR count). The first-order valence-electron chi connectivity index (χ1n) is 13.8. The second kappa shape index (κ2) is 10.9. The number of halogens is 1. The summed E-state index contributed by atoms with van der Waals surface area (Å²) in [4.78, 5) is 14.4. The van der Waals surface area contributed by atoms with E-state index in [2.05, 4.69) is 66.3 Å². The molecule has 204 valence electrons. The lowest BCUT2D eigenvalue weighted by Gasteiger charge is -2.36. The highest BCUT2D eigenvalue weighted by Gasteiger charge is 2.27. The minimum atomic E-state index is -0.971. The van der Waals surface area contributed by atoms with E-state index in [0.717, 1.165) is 49.2 Å². The van der Waals surface area contributed by atoms with E-state index < -0.39 is 17.7 Å². The molecule has 1 aliphatic heterocycles. The summed E-state index contributed by atoms with van der Waals surface area (Å²) < 4.78 is 17.4. The van der Waals surface area contributed by atoms with E-state index in [1.54, 1.807) is 16.8 Å². The maximum absolute atomic E-state index is 15.8. The first kappa shape index (κ1) is 27.0. The Morgan fingerprint density at radius 1 is 1.13 bits per heavy atom. The van der Waals surface area contributed by atoms with Gasteiger partial charge in [-0.25, -0.2) is 9.07 Å². The Kier molecular flexibility index (Phi) is 7.54. The third-order valence-corrected chi connectivity index (χ3v) is 8.11. The Hall–Kier alpha value is -3.58. The fourth-order valence-electron chi connectivity index (χ4n) is 5.95. The molecule has 0 amide bonds. The van der Waals surface area contributed by atoms with E-state index >= 15 is 4.39 Å². The lowest BCUT2D eigenvalue weighted by molar-refractivity contribution is -0.137. The van der Waals surface area contributed by atoms with Crippen molar-refractivity contribution in [2.75, 3.05) is 6.54 Å². The third-order valence-electron chi connectivity index (χ3n) is 8.11. The highest BCUT2D eigenvalue weighted by atomic mass is 19.1. The summed E-state index contributed by atoms with van der Waals surface area (Å²) in [5, 5.41) is 17.9. The summed E-state index contributed by atoms with van der Waals surface area (Å²) in [6.07, 6.45) is 1.99. The molecule has 0 spiro atoms. The lowest BCUT2D eigenvalue weighted by Crippen LogP contribution is -2.36. The van der Waals surface area contributed by atoms with Crippen LogP contribution in [0.4, 0.5) is 4.39 Å². The van der Waals surface area contributed by atoms with Gasteiger partial charge in [0.15, 0.2) is 5.82 Å². The van der Waals surface area contributed by atoms with E-state index in [4.69, 9.17) is 0 Å². The molecule has 2 heterocycles. The summed E-state index contributed by atoms with van der Waals surface area (Å²) >= 11 is 0. The van der Waals surface area contributed by atoms with Crippen molar-refractivity contribution in [1.29, 1.82) is 0 Å². The van der Waals surface area contributed by atoms with Gasteiger partial charge in [0.05, 0.1) is 11.9 Å². The molecule has 1 aromatic heterocycles. The first-order valence-corrected chi connectivity index (χ1v) is 13.8. The summed E-state index contributed by atoms with van der Waals surface area (Å²) in [7, 11) is 0. The number of hydrogen-bond donors (Lipinski definition) is 1. The van der Waals surface area contributed by atoms with E-state index in [-0.39, 0.29) is 17.4 Å². The number of benzene rings is 3. The van der Waals surface area contributed by atoms with Crippen molar-refractivity contribution >= 4 is 17.0 Å². The lowest BCUT2D eigenvalue weighted by atomic mass is 9.82. The second-order valence-corrected chi connectivity index (χ2v) is 11.7. The number of carboxylic acids is 1. The van der Waals surface area contributed by atoms with Crippen LogP contribution in [0.15, 0.2) is 54.6 Å². The van der Waals surface area contributed by atoms with Gasteiger partial charge in [-0.1, -0.05) is 67.6 Å². The van der Waals surface area contributed by atoms with Crippen molar-refractivity contribution in [2.45, 2.75) is 72.5 Å². The van der Waals surface area contributed by atoms with Crippen LogP contribution in [-0.4, -0.2) is 37.5 Å². The highest BCUT2D eigenvalue weighted by molar-refractivity contribution is 5.77. The van der Waals surface area contributed by atoms with Gasteiger partial charge < -0.3 is 5.11 Å². The summed E-state index contributed by atoms with van der Waals surface area (Å²) in [6, 6.07) is 18.2. The summed E-state index contributed by atoms with van der Waals surface area (Å²) in [5.41, 5.74) is 7.14. The van der Waals surface area contributed by atoms with Crippen molar-refractivity contribution in [1.82, 2.24) is 19.9 Å². The number of nitrogens with zero attached hydrogens (tertiary/aromatic N) is 4. The average molecular weight is 529 g/mol. The Morgan fingerprint density at radius 3 is 2.64 bits per heavy atom. The summed E-state index contributed by atoms with van der Waals surface area (Å²) in [6.45, 7) is 11.8. The Balaban J connectivity index is 1.51. The van der Waals surface area contributed by atoms with Gasteiger partial charge in [-0.3, -0.25) is 9.69 Å². The topological polar surface area (TPSA) is 71.2 Å². The van der Waals surface area contributed by atoms with Crippen LogP contribution in [0.25, 0.3) is 11.0 Å². The fraction of sp³-hybridized carbons (Fsp3) is 0.406. The molecule has 0 fully saturated rings. The zero-order valence-electron chi connectivity index (χ0n) is 23.2. The van der Waals surface area contributed by atoms with E-state index in [1.165, 1.54) is 11.1 Å². The summed E-state index contributed by atoms with van der Waals surface area (Å²) in [5.74, 6) is -2.11. The molecule has 0 bridgehead atoms. The van der Waals surface area contributed by atoms with Gasteiger partial charge >= 0.3 is 5.97 Å². The van der Waals surface area contributed by atoms with Gasteiger partial charge in [0.2, 0.25) is 0 Å². The van der Waals surface area contributed by atoms with Crippen molar-refractivity contribution < 1.29 is 14.3 Å². The monoisotopic (exact) mass is 528 g/mol. The molecule has 6 nitrogen and oxygen atoms in total. The molecular weight excluding hydrogens is 491 g/mol.